The molecule has 0 heterocycles. The molecule has 0 spiro atoms. The fraction of sp³-hybridized carbons (Fsp3) is 0.586. The number of ether oxygens (including phenoxy) is 2. The second kappa shape index (κ2) is 44.5. The molecule has 0 amide bonds. The Morgan fingerprint density at radius 3 is 1.54 bits per heavy atom. The molecule has 0 aliphatic carbocycles. The summed E-state index contributed by atoms with van der Waals surface area (Å²) in [6.07, 6.45) is 2.69. The van der Waals surface area contributed by atoms with E-state index in [1.165, 1.54) is 6.08 Å². The van der Waals surface area contributed by atoms with Crippen LogP contribution < -0.4 is 0 Å². The van der Waals surface area contributed by atoms with Crippen molar-refractivity contribution in [3.63, 3.8) is 0 Å². The van der Waals surface area contributed by atoms with Crippen molar-refractivity contribution in [2.75, 3.05) is 13.2 Å². The van der Waals surface area contributed by atoms with Gasteiger partial charge >= 0.3 is 11.9 Å². The minimum Gasteiger partial charge on any atom is -0.466 e. The lowest BCUT2D eigenvalue weighted by atomic mass is 9.70. The second-order valence-electron chi connectivity index (χ2n) is 4.86. The highest BCUT2D eigenvalue weighted by molar-refractivity contribution is 5.83. The summed E-state index contributed by atoms with van der Waals surface area (Å²) in [4.78, 5) is 23.8. The molecule has 0 rings (SSSR count). The monoisotopic (exact) mass is 494 g/mol. The first kappa shape index (κ1) is 49.1. The maximum atomic E-state index is 12.3. The number of carbonyl (C=O) groups excluding carboxylic acids is 2. The number of nitrogens with zero attached hydrogens (tertiary/aromatic N) is 2. The molecule has 2 unspecified atom stereocenters. The Morgan fingerprint density at radius 1 is 0.914 bits per heavy atom. The third-order valence-electron chi connectivity index (χ3n) is 3.12. The highest BCUT2D eigenvalue weighted by Gasteiger charge is 2.49. The molecule has 6 heteroatoms. The van der Waals surface area contributed by atoms with Gasteiger partial charge in [0, 0.05) is 6.42 Å². The normalized spacial score (nSPS) is 9.74. The number of esters is 2. The minimum absolute atomic E-state index is 0.0559. The topological polar surface area (TPSA) is 100 Å². The predicted molar refractivity (Wildman–Crippen MR) is 152 cm³/mol. The minimum atomic E-state index is -1.82. The fourth-order valence-corrected chi connectivity index (χ4v) is 1.95. The van der Waals surface area contributed by atoms with Crippen LogP contribution in [0, 0.1) is 34.0 Å². The van der Waals surface area contributed by atoms with Gasteiger partial charge in [-0.2, -0.15) is 10.5 Å². The molecule has 0 N–H and O–H groups in total. The van der Waals surface area contributed by atoms with Gasteiger partial charge in [-0.1, -0.05) is 80.7 Å². The number of hydrogen-bond donors (Lipinski definition) is 0. The van der Waals surface area contributed by atoms with Gasteiger partial charge in [-0.3, -0.25) is 9.59 Å². The van der Waals surface area contributed by atoms with Crippen LogP contribution in [0.4, 0.5) is 0 Å². The molecule has 0 aromatic carbocycles. The van der Waals surface area contributed by atoms with Crippen molar-refractivity contribution in [3.05, 3.63) is 50.6 Å². The van der Waals surface area contributed by atoms with Crippen molar-refractivity contribution in [3.8, 4) is 12.1 Å². The molecule has 0 aliphatic rings. The molecular weight excluding hydrogens is 440 g/mol. The van der Waals surface area contributed by atoms with E-state index >= 15 is 0 Å². The summed E-state index contributed by atoms with van der Waals surface area (Å²) < 4.78 is 9.72. The van der Waals surface area contributed by atoms with E-state index in [4.69, 9.17) is 9.47 Å². The average molecular weight is 495 g/mol. The van der Waals surface area contributed by atoms with Crippen LogP contribution in [0.15, 0.2) is 50.6 Å². The van der Waals surface area contributed by atoms with Crippen molar-refractivity contribution < 1.29 is 19.1 Å². The van der Waals surface area contributed by atoms with E-state index in [1.807, 2.05) is 74.5 Å². The third-order valence-corrected chi connectivity index (χ3v) is 3.12. The van der Waals surface area contributed by atoms with Gasteiger partial charge in [0.2, 0.25) is 0 Å². The van der Waals surface area contributed by atoms with Crippen molar-refractivity contribution in [1.29, 1.82) is 10.5 Å². The zero-order chi connectivity index (χ0) is 29.9. The summed E-state index contributed by atoms with van der Waals surface area (Å²) in [5, 5.41) is 18.9. The summed E-state index contributed by atoms with van der Waals surface area (Å²) in [5.74, 6) is -2.55. The van der Waals surface area contributed by atoms with Crippen LogP contribution in [0.5, 0.6) is 0 Å². The summed E-state index contributed by atoms with van der Waals surface area (Å²) in [7, 11) is 0. The van der Waals surface area contributed by atoms with Crippen molar-refractivity contribution >= 4 is 11.9 Å². The first-order valence-electron chi connectivity index (χ1n) is 12.4. The van der Waals surface area contributed by atoms with Crippen LogP contribution >= 0.6 is 0 Å². The van der Waals surface area contributed by atoms with E-state index in [-0.39, 0.29) is 31.6 Å². The Morgan fingerprint density at radius 2 is 1.29 bits per heavy atom. The quantitative estimate of drug-likeness (QED) is 0.181. The number of allylic oxidation sites excluding steroid dienone is 3. The zero-order valence-electron chi connectivity index (χ0n) is 24.6. The third kappa shape index (κ3) is 25.3. The zero-order valence-corrected chi connectivity index (χ0v) is 24.6. The number of carbonyl (C=O) groups is 2. The molecule has 0 radical (unpaired) electrons. The largest absolute Gasteiger partial charge is 0.466 e. The fourth-order valence-electron chi connectivity index (χ4n) is 1.95. The van der Waals surface area contributed by atoms with Gasteiger partial charge in [-0.15, -0.1) is 19.7 Å². The van der Waals surface area contributed by atoms with Gasteiger partial charge < -0.3 is 9.47 Å². The number of hydrogen-bond acceptors (Lipinski definition) is 6. The average Bonchev–Trinajstić information content (AvgIpc) is 2.92. The molecular formula is C29H54N2O4. The van der Waals surface area contributed by atoms with Crippen LogP contribution in [0.2, 0.25) is 0 Å². The second-order valence-corrected chi connectivity index (χ2v) is 4.86. The molecule has 204 valence electrons. The highest BCUT2D eigenvalue weighted by atomic mass is 16.5. The van der Waals surface area contributed by atoms with Crippen molar-refractivity contribution in [2.45, 2.75) is 89.0 Å². The van der Waals surface area contributed by atoms with Crippen LogP contribution in [0.25, 0.3) is 0 Å². The Hall–Kier alpha value is -3.12. The van der Waals surface area contributed by atoms with Crippen LogP contribution in [0.3, 0.4) is 0 Å². The Labute approximate surface area is 218 Å². The lowest BCUT2D eigenvalue weighted by molar-refractivity contribution is -0.154. The molecule has 0 fully saturated rings. The van der Waals surface area contributed by atoms with Crippen LogP contribution in [-0.2, 0) is 19.1 Å². The van der Waals surface area contributed by atoms with E-state index < -0.39 is 23.3 Å². The summed E-state index contributed by atoms with van der Waals surface area (Å²) >= 11 is 0. The highest BCUT2D eigenvalue weighted by Crippen LogP contribution is 2.38. The maximum Gasteiger partial charge on any atom is 0.328 e. The summed E-state index contributed by atoms with van der Waals surface area (Å²) in [5.41, 5.74) is -1.59. The Balaban J connectivity index is -0.000000102. The SMILES string of the molecule is C=C.C=CC.C=CC(=C)C(C#N)C(C#N)(CCC(=O)OCC)C(=O)OCC.CC.CC.CC.CC. The molecule has 0 aromatic heterocycles. The lowest BCUT2D eigenvalue weighted by Gasteiger charge is -2.28. The molecule has 35 heavy (non-hydrogen) atoms. The number of rotatable bonds is 9. The molecule has 0 aliphatic heterocycles. The lowest BCUT2D eigenvalue weighted by Crippen LogP contribution is -2.39. The van der Waals surface area contributed by atoms with Gasteiger partial charge in [-0.25, -0.2) is 0 Å². The van der Waals surface area contributed by atoms with E-state index in [1.54, 1.807) is 19.9 Å². The smallest absolute Gasteiger partial charge is 0.328 e. The van der Waals surface area contributed by atoms with E-state index in [0.29, 0.717) is 0 Å². The molecule has 0 saturated heterocycles. The molecule has 0 aromatic rings. The molecule has 0 bridgehead atoms. The van der Waals surface area contributed by atoms with Gasteiger partial charge in [0.1, 0.15) is 5.92 Å². The van der Waals surface area contributed by atoms with E-state index in [2.05, 4.69) is 32.9 Å². The predicted octanol–water partition coefficient (Wildman–Crippen LogP) is 8.38. The van der Waals surface area contributed by atoms with Gasteiger partial charge in [0.15, 0.2) is 5.41 Å². The van der Waals surface area contributed by atoms with E-state index in [0.717, 1.165) is 0 Å². The van der Waals surface area contributed by atoms with Crippen molar-refractivity contribution in [2.24, 2.45) is 11.3 Å². The van der Waals surface area contributed by atoms with E-state index in [9.17, 15) is 20.1 Å². The molecule has 2 atom stereocenters. The summed E-state index contributed by atoms with van der Waals surface area (Å²) in [6, 6.07) is 3.74. The Kier molecular flexibility index (Phi) is 62.5. The standard InChI is InChI=1S/C16H20N2O4.C3H6.4C2H6.C2H4/c1-5-12(4)13(10-17)16(11-18,15(20)22-7-3)9-8-14(19)21-6-2;1-3-2;5*1-2/h5,13H,1,4,6-9H2,2-3H3;3H,1H2,2H3;4*1-2H3;1-2H2. The first-order valence-corrected chi connectivity index (χ1v) is 12.4. The van der Waals surface area contributed by atoms with Gasteiger partial charge in [0.05, 0.1) is 25.4 Å². The number of nitriles is 2. The van der Waals surface area contributed by atoms with Gasteiger partial charge in [0.25, 0.3) is 0 Å². The Bertz CT molecular complexity index is 586. The van der Waals surface area contributed by atoms with Gasteiger partial charge in [-0.05, 0) is 32.8 Å². The van der Waals surface area contributed by atoms with Crippen LogP contribution in [-0.4, -0.2) is 25.2 Å². The van der Waals surface area contributed by atoms with Crippen molar-refractivity contribution in [1.82, 2.24) is 0 Å². The molecule has 6 nitrogen and oxygen atoms in total. The first-order chi connectivity index (χ1) is 16.8. The molecule has 0 saturated carbocycles. The summed E-state index contributed by atoms with van der Waals surface area (Å²) in [6.45, 7) is 37.9. The van der Waals surface area contributed by atoms with Crippen LogP contribution in [0.1, 0.15) is 89.0 Å². The maximum absolute atomic E-state index is 12.3.